The van der Waals surface area contributed by atoms with Gasteiger partial charge in [0.15, 0.2) is 0 Å². The van der Waals surface area contributed by atoms with Gasteiger partial charge < -0.3 is 9.90 Å². The van der Waals surface area contributed by atoms with E-state index in [9.17, 15) is 0 Å². The van der Waals surface area contributed by atoms with Crippen LogP contribution >= 0.6 is 0 Å². The zero-order chi connectivity index (χ0) is 14.3. The summed E-state index contributed by atoms with van der Waals surface area (Å²) < 4.78 is 0. The SMILES string of the molecule is CC(=O)[O-].CC(C)c1ccc(-c2ccccc2)cc1. The third kappa shape index (κ3) is 5.38. The molecule has 0 saturated heterocycles. The van der Waals surface area contributed by atoms with E-state index in [1.165, 1.54) is 16.7 Å². The molecule has 0 spiro atoms. The van der Waals surface area contributed by atoms with Gasteiger partial charge >= 0.3 is 0 Å². The van der Waals surface area contributed by atoms with Crippen molar-refractivity contribution in [3.63, 3.8) is 0 Å². The molecule has 0 saturated carbocycles. The summed E-state index contributed by atoms with van der Waals surface area (Å²) in [6.45, 7) is 5.41. The van der Waals surface area contributed by atoms with E-state index in [4.69, 9.17) is 9.90 Å². The first-order valence-corrected chi connectivity index (χ1v) is 6.33. The first-order chi connectivity index (χ1) is 9.00. The standard InChI is InChI=1S/C15H16.C2H4O2/c1-12(2)13-8-10-15(11-9-13)14-6-4-3-5-7-14;1-2(3)4/h3-12H,1-2H3;1H3,(H,3,4)/p-1. The molecular weight excluding hydrogens is 236 g/mol. The third-order valence-corrected chi connectivity index (χ3v) is 2.68. The number of carbonyl (C=O) groups excluding carboxylic acids is 1. The highest BCUT2D eigenvalue weighted by molar-refractivity contribution is 5.63. The minimum Gasteiger partial charge on any atom is -0.550 e. The lowest BCUT2D eigenvalue weighted by molar-refractivity contribution is -0.302. The Morgan fingerprint density at radius 3 is 1.74 bits per heavy atom. The monoisotopic (exact) mass is 255 g/mol. The molecule has 0 aliphatic rings. The lowest BCUT2D eigenvalue weighted by Crippen LogP contribution is -2.16. The van der Waals surface area contributed by atoms with Gasteiger partial charge in [-0.15, -0.1) is 0 Å². The molecule has 0 atom stereocenters. The number of hydrogen-bond donors (Lipinski definition) is 0. The van der Waals surface area contributed by atoms with Crippen LogP contribution in [0.25, 0.3) is 11.1 Å². The second-order valence-corrected chi connectivity index (χ2v) is 4.63. The maximum Gasteiger partial charge on any atom is 0.0383 e. The summed E-state index contributed by atoms with van der Waals surface area (Å²) in [5.41, 5.74) is 3.97. The Morgan fingerprint density at radius 2 is 1.32 bits per heavy atom. The van der Waals surface area contributed by atoms with E-state index in [1.807, 2.05) is 6.07 Å². The molecule has 2 aromatic rings. The topological polar surface area (TPSA) is 40.1 Å². The van der Waals surface area contributed by atoms with Gasteiger partial charge in [0.1, 0.15) is 0 Å². The number of carboxylic acid groups (broad SMARTS) is 1. The van der Waals surface area contributed by atoms with E-state index in [2.05, 4.69) is 62.4 Å². The number of benzene rings is 2. The summed E-state index contributed by atoms with van der Waals surface area (Å²) in [5.74, 6) is -0.477. The molecule has 0 aliphatic carbocycles. The van der Waals surface area contributed by atoms with Crippen molar-refractivity contribution in [2.24, 2.45) is 0 Å². The van der Waals surface area contributed by atoms with Crippen molar-refractivity contribution in [3.05, 3.63) is 60.2 Å². The first kappa shape index (κ1) is 15.0. The van der Waals surface area contributed by atoms with Crippen molar-refractivity contribution >= 4 is 5.97 Å². The van der Waals surface area contributed by atoms with Crippen molar-refractivity contribution in [1.82, 2.24) is 0 Å². The molecule has 0 aliphatic heterocycles. The first-order valence-electron chi connectivity index (χ1n) is 6.33. The molecule has 100 valence electrons. The van der Waals surface area contributed by atoms with Crippen LogP contribution in [0.2, 0.25) is 0 Å². The van der Waals surface area contributed by atoms with E-state index < -0.39 is 5.97 Å². The number of aliphatic carboxylic acids is 1. The molecule has 2 rings (SSSR count). The molecule has 2 aromatic carbocycles. The summed E-state index contributed by atoms with van der Waals surface area (Å²) in [4.78, 5) is 8.89. The lowest BCUT2D eigenvalue weighted by atomic mass is 9.99. The van der Waals surface area contributed by atoms with Gasteiger partial charge in [-0.05, 0) is 29.5 Å². The summed E-state index contributed by atoms with van der Waals surface area (Å²) in [6, 6.07) is 19.3. The highest BCUT2D eigenvalue weighted by Gasteiger charge is 1.99. The van der Waals surface area contributed by atoms with E-state index in [1.54, 1.807) is 0 Å². The molecule has 2 nitrogen and oxygen atoms in total. The third-order valence-electron chi connectivity index (χ3n) is 2.68. The van der Waals surface area contributed by atoms with Crippen LogP contribution in [0.1, 0.15) is 32.3 Å². The second-order valence-electron chi connectivity index (χ2n) is 4.63. The molecule has 0 aromatic heterocycles. The van der Waals surface area contributed by atoms with Crippen LogP contribution in [0.4, 0.5) is 0 Å². The van der Waals surface area contributed by atoms with Crippen molar-refractivity contribution in [2.45, 2.75) is 26.7 Å². The van der Waals surface area contributed by atoms with E-state index >= 15 is 0 Å². The average Bonchev–Trinajstić information content (AvgIpc) is 2.39. The predicted molar refractivity (Wildman–Crippen MR) is 76.6 cm³/mol. The van der Waals surface area contributed by atoms with E-state index in [0.717, 1.165) is 6.92 Å². The predicted octanol–water partition coefficient (Wildman–Crippen LogP) is 3.23. The van der Waals surface area contributed by atoms with E-state index in [-0.39, 0.29) is 0 Å². The summed E-state index contributed by atoms with van der Waals surface area (Å²) in [7, 11) is 0. The average molecular weight is 255 g/mol. The normalized spacial score (nSPS) is 9.68. The minimum absolute atomic E-state index is 0.606. The van der Waals surface area contributed by atoms with Gasteiger partial charge in [0.25, 0.3) is 0 Å². The van der Waals surface area contributed by atoms with Crippen molar-refractivity contribution < 1.29 is 9.90 Å². The Hall–Kier alpha value is -2.09. The highest BCUT2D eigenvalue weighted by Crippen LogP contribution is 2.22. The Balaban J connectivity index is 0.000000399. The van der Waals surface area contributed by atoms with Crippen LogP contribution in [0.15, 0.2) is 54.6 Å². The number of hydrogen-bond acceptors (Lipinski definition) is 2. The van der Waals surface area contributed by atoms with Gasteiger partial charge in [-0.3, -0.25) is 0 Å². The molecule has 2 heteroatoms. The summed E-state index contributed by atoms with van der Waals surface area (Å²) >= 11 is 0. The van der Waals surface area contributed by atoms with Gasteiger partial charge in [-0.1, -0.05) is 68.4 Å². The fraction of sp³-hybridized carbons (Fsp3) is 0.235. The smallest absolute Gasteiger partial charge is 0.0383 e. The molecule has 19 heavy (non-hydrogen) atoms. The van der Waals surface area contributed by atoms with Gasteiger partial charge in [-0.25, -0.2) is 0 Å². The summed E-state index contributed by atoms with van der Waals surface area (Å²) in [6.07, 6.45) is 0. The highest BCUT2D eigenvalue weighted by atomic mass is 16.4. The van der Waals surface area contributed by atoms with Crippen LogP contribution in [0, 0.1) is 0 Å². The Bertz CT molecular complexity index is 495. The van der Waals surface area contributed by atoms with Crippen LogP contribution in [-0.2, 0) is 4.79 Å². The Morgan fingerprint density at radius 1 is 0.895 bits per heavy atom. The molecule has 0 bridgehead atoms. The van der Waals surface area contributed by atoms with Crippen LogP contribution in [0.3, 0.4) is 0 Å². The lowest BCUT2D eigenvalue weighted by Gasteiger charge is -2.06. The minimum atomic E-state index is -1.08. The molecule has 0 fully saturated rings. The van der Waals surface area contributed by atoms with Crippen molar-refractivity contribution in [2.75, 3.05) is 0 Å². The number of rotatable bonds is 2. The second kappa shape index (κ2) is 7.37. The van der Waals surface area contributed by atoms with E-state index in [0.29, 0.717) is 5.92 Å². The van der Waals surface area contributed by atoms with Gasteiger partial charge in [0.2, 0.25) is 0 Å². The zero-order valence-electron chi connectivity index (χ0n) is 11.6. The van der Waals surface area contributed by atoms with Gasteiger partial charge in [-0.2, -0.15) is 0 Å². The number of carboxylic acids is 1. The van der Waals surface area contributed by atoms with Crippen molar-refractivity contribution in [1.29, 1.82) is 0 Å². The Kier molecular flexibility index (Phi) is 5.80. The quantitative estimate of drug-likeness (QED) is 0.826. The number of carbonyl (C=O) groups is 1. The fourth-order valence-electron chi connectivity index (χ4n) is 1.69. The molecule has 0 radical (unpaired) electrons. The van der Waals surface area contributed by atoms with Gasteiger partial charge in [0.05, 0.1) is 0 Å². The molecule has 0 amide bonds. The van der Waals surface area contributed by atoms with Crippen molar-refractivity contribution in [3.8, 4) is 11.1 Å². The van der Waals surface area contributed by atoms with Crippen LogP contribution in [0.5, 0.6) is 0 Å². The summed E-state index contributed by atoms with van der Waals surface area (Å²) in [5, 5.41) is 8.89. The van der Waals surface area contributed by atoms with Crippen LogP contribution < -0.4 is 5.11 Å². The maximum absolute atomic E-state index is 8.89. The maximum atomic E-state index is 8.89. The molecule has 0 heterocycles. The van der Waals surface area contributed by atoms with Gasteiger partial charge in [0, 0.05) is 5.97 Å². The zero-order valence-corrected chi connectivity index (χ0v) is 11.6. The fourth-order valence-corrected chi connectivity index (χ4v) is 1.69. The van der Waals surface area contributed by atoms with Crippen LogP contribution in [-0.4, -0.2) is 5.97 Å². The Labute approximate surface area is 114 Å². The largest absolute Gasteiger partial charge is 0.550 e. The molecule has 0 unspecified atom stereocenters. The molecular formula is C17H19O2-. The molecule has 0 N–H and O–H groups in total.